The van der Waals surface area contributed by atoms with Crippen LogP contribution in [0.25, 0.3) is 0 Å². The molecule has 0 bridgehead atoms. The van der Waals surface area contributed by atoms with Crippen molar-refractivity contribution >= 4 is 23.2 Å². The Morgan fingerprint density at radius 1 is 0.650 bits per heavy atom. The minimum Gasteiger partial charge on any atom is -0.492 e. The van der Waals surface area contributed by atoms with Crippen LogP contribution in [0.1, 0.15) is 131 Å². The second kappa shape index (κ2) is 19.3. The monoisotopic (exact) mass is 822 g/mol. The number of amides is 2. The predicted octanol–water partition coefficient (Wildman–Crippen LogP) is 8.28. The molecule has 4 aromatic carbocycles. The molecule has 2 aliphatic heterocycles. The van der Waals surface area contributed by atoms with Gasteiger partial charge in [-0.05, 0) is 96.9 Å². The van der Waals surface area contributed by atoms with Crippen LogP contribution in [0.2, 0.25) is 0 Å². The Labute approximate surface area is 353 Å². The summed E-state index contributed by atoms with van der Waals surface area (Å²) in [6.45, 7) is 16.6. The number of hydrogen-bond acceptors (Lipinski definition) is 9. The molecular weight excluding hydrogens is 763 g/mol. The number of nitrogens with zero attached hydrogens (tertiary/aromatic N) is 1. The van der Waals surface area contributed by atoms with Gasteiger partial charge in [0.25, 0.3) is 0 Å². The number of carbonyl (C=O) groups is 2. The molecule has 0 unspecified atom stereocenters. The van der Waals surface area contributed by atoms with E-state index in [1.165, 1.54) is 11.1 Å². The number of rotatable bonds is 18. The number of hydrogen-bond donors (Lipinski definition) is 4. The molecule has 2 aliphatic rings. The van der Waals surface area contributed by atoms with Gasteiger partial charge < -0.3 is 30.3 Å². The number of aliphatic hydroxyl groups excluding tert-OH is 2. The van der Waals surface area contributed by atoms with Crippen molar-refractivity contribution in [3.05, 3.63) is 120 Å². The van der Waals surface area contributed by atoms with E-state index in [1.54, 1.807) is 0 Å². The first-order chi connectivity index (χ1) is 28.7. The summed E-state index contributed by atoms with van der Waals surface area (Å²) in [5, 5.41) is 25.8. The van der Waals surface area contributed by atoms with E-state index in [0.29, 0.717) is 49.3 Å². The second-order valence-corrected chi connectivity index (χ2v) is 16.5. The van der Waals surface area contributed by atoms with Crippen molar-refractivity contribution < 1.29 is 44.0 Å². The Morgan fingerprint density at radius 3 is 1.35 bits per heavy atom. The number of nitrogens with one attached hydrogen (secondary N) is 2. The molecule has 0 aromatic heterocycles. The van der Waals surface area contributed by atoms with E-state index < -0.39 is 0 Å². The molecule has 12 heteroatoms. The lowest BCUT2D eigenvalue weighted by atomic mass is 9.85. The molecule has 12 nitrogen and oxygen atoms in total. The minimum atomic E-state index is -0.360. The highest BCUT2D eigenvalue weighted by Gasteiger charge is 2.35. The van der Waals surface area contributed by atoms with Crippen molar-refractivity contribution in [3.63, 3.8) is 0 Å². The Hall–Kier alpha value is -5.46. The molecule has 2 heterocycles. The largest absolute Gasteiger partial charge is 0.492 e. The lowest BCUT2D eigenvalue weighted by Crippen LogP contribution is -2.21. The summed E-state index contributed by atoms with van der Waals surface area (Å²) >= 11 is 0. The van der Waals surface area contributed by atoms with Crippen molar-refractivity contribution in [2.45, 2.75) is 105 Å². The summed E-state index contributed by atoms with van der Waals surface area (Å²) in [7, 11) is 0. The molecule has 2 atom stereocenters. The second-order valence-electron chi connectivity index (χ2n) is 16.5. The molecular formula is C48H60N3O9+. The van der Waals surface area contributed by atoms with Gasteiger partial charge in [0.05, 0.1) is 26.1 Å². The minimum absolute atomic E-state index is 0.0309. The molecule has 6 rings (SSSR count). The first-order valence-electron chi connectivity index (χ1n) is 21.1. The Balaban J connectivity index is 1.04. The van der Waals surface area contributed by atoms with E-state index in [1.807, 2.05) is 27.7 Å². The van der Waals surface area contributed by atoms with E-state index in [9.17, 15) is 24.7 Å². The number of benzene rings is 4. The van der Waals surface area contributed by atoms with Gasteiger partial charge in [-0.15, -0.1) is 0 Å². The molecule has 0 saturated carbocycles. The van der Waals surface area contributed by atoms with Crippen LogP contribution in [0.15, 0.2) is 48.5 Å². The fourth-order valence-corrected chi connectivity index (χ4v) is 8.63. The molecule has 0 fully saturated rings. The number of ether oxygens (including phenoxy) is 2. The Morgan fingerprint density at radius 2 is 1.02 bits per heavy atom. The summed E-state index contributed by atoms with van der Waals surface area (Å²) in [4.78, 5) is 49.1. The molecule has 320 valence electrons. The van der Waals surface area contributed by atoms with Gasteiger partial charge in [0.1, 0.15) is 16.4 Å². The van der Waals surface area contributed by atoms with Gasteiger partial charge in [-0.2, -0.15) is 9.68 Å². The Bertz CT molecular complexity index is 2060. The SMILES string of the molecule is Cc1c(CCO)c2c(c(C)c1NC(=O)CCO[N+](=O)OCCC(=O)Nc1c(C)c(CCO)c3c(c1C)[C@@H](c1ccc(C(C)C)cc1)CO3)[C@@H](c1ccc(C(C)C)cc1)CO2. The average Bonchev–Trinajstić information content (AvgIpc) is 3.87. The van der Waals surface area contributed by atoms with Crippen LogP contribution in [-0.4, -0.2) is 66.8 Å². The van der Waals surface area contributed by atoms with E-state index in [-0.39, 0.29) is 68.0 Å². The van der Waals surface area contributed by atoms with Gasteiger partial charge >= 0.3 is 5.09 Å². The lowest BCUT2D eigenvalue weighted by Gasteiger charge is -2.21. The summed E-state index contributed by atoms with van der Waals surface area (Å²) in [6, 6.07) is 17.1. The van der Waals surface area contributed by atoms with Crippen molar-refractivity contribution in [2.24, 2.45) is 0 Å². The maximum absolute atomic E-state index is 13.2. The molecule has 0 saturated heterocycles. The van der Waals surface area contributed by atoms with Crippen LogP contribution < -0.4 is 20.1 Å². The van der Waals surface area contributed by atoms with E-state index in [4.69, 9.17) is 19.1 Å². The molecule has 0 spiro atoms. The Kier molecular flexibility index (Phi) is 14.2. The average molecular weight is 823 g/mol. The fraction of sp³-hybridized carbons (Fsp3) is 0.458. The number of carbonyl (C=O) groups excluding carboxylic acids is 2. The molecule has 60 heavy (non-hydrogen) atoms. The zero-order valence-electron chi connectivity index (χ0n) is 36.2. The first kappa shape index (κ1) is 44.1. The van der Waals surface area contributed by atoms with Gasteiger partial charge in [-0.3, -0.25) is 9.59 Å². The van der Waals surface area contributed by atoms with Crippen molar-refractivity contribution in [1.29, 1.82) is 0 Å². The third kappa shape index (κ3) is 9.29. The number of aliphatic hydroxyl groups is 2. The molecule has 4 N–H and O–H groups in total. The number of fused-ring (bicyclic) bond motifs is 2. The van der Waals surface area contributed by atoms with E-state index in [0.717, 1.165) is 67.1 Å². The standard InChI is InChI=1S/C48H59N3O9/c1-27(2)33-9-13-35(14-10-33)39-25-57-47-37(17-21-52)29(5)45(31(7)43(39)47)49-41(54)19-23-59-51(56)60-24-20-42(55)50-46-30(6)38(18-22-53)48-44(32(46)8)40(26-58-48)36-15-11-34(12-16-36)28(3)4/h9-16,27-28,39-40,52-53H,17-26H2,1-8H3,(H-,49,50,54,55)/p+1/t39-,40-/m1/s1. The maximum Gasteiger partial charge on any atom is 0.477 e. The van der Waals surface area contributed by atoms with Crippen molar-refractivity contribution in [1.82, 2.24) is 0 Å². The predicted molar refractivity (Wildman–Crippen MR) is 231 cm³/mol. The molecule has 4 aromatic rings. The highest BCUT2D eigenvalue weighted by atomic mass is 17.0. The maximum atomic E-state index is 13.2. The van der Waals surface area contributed by atoms with Crippen LogP contribution in [0.5, 0.6) is 11.5 Å². The summed E-state index contributed by atoms with van der Waals surface area (Å²) < 4.78 is 12.5. The number of anilines is 2. The first-order valence-corrected chi connectivity index (χ1v) is 21.1. The van der Waals surface area contributed by atoms with Gasteiger partial charge in [0.2, 0.25) is 11.8 Å². The van der Waals surface area contributed by atoms with Gasteiger partial charge in [-0.1, -0.05) is 76.2 Å². The fourth-order valence-electron chi connectivity index (χ4n) is 8.63. The van der Waals surface area contributed by atoms with E-state index in [2.05, 4.69) is 86.9 Å². The summed E-state index contributed by atoms with van der Waals surface area (Å²) in [6.07, 6.45) is 0.481. The zero-order valence-corrected chi connectivity index (χ0v) is 36.2. The van der Waals surface area contributed by atoms with Gasteiger partial charge in [0, 0.05) is 58.7 Å². The van der Waals surface area contributed by atoms with Crippen molar-refractivity contribution in [3.8, 4) is 11.5 Å². The smallest absolute Gasteiger partial charge is 0.477 e. The quantitative estimate of drug-likeness (QED) is 0.0726. The molecule has 0 aliphatic carbocycles. The van der Waals surface area contributed by atoms with Gasteiger partial charge in [0.15, 0.2) is 13.2 Å². The lowest BCUT2D eigenvalue weighted by molar-refractivity contribution is -0.981. The van der Waals surface area contributed by atoms with Gasteiger partial charge in [-0.25, -0.2) is 0 Å². The van der Waals surface area contributed by atoms with E-state index >= 15 is 0 Å². The van der Waals surface area contributed by atoms with Crippen LogP contribution in [0.3, 0.4) is 0 Å². The van der Waals surface area contributed by atoms with Crippen LogP contribution in [0, 0.1) is 32.6 Å². The van der Waals surface area contributed by atoms with Crippen LogP contribution in [0.4, 0.5) is 11.4 Å². The normalized spacial score (nSPS) is 15.3. The van der Waals surface area contributed by atoms with Crippen LogP contribution >= 0.6 is 0 Å². The highest BCUT2D eigenvalue weighted by molar-refractivity contribution is 5.94. The van der Waals surface area contributed by atoms with Crippen LogP contribution in [-0.2, 0) is 32.1 Å². The topological polar surface area (TPSA) is 156 Å². The third-order valence-corrected chi connectivity index (χ3v) is 12.1. The molecule has 2 amide bonds. The molecule has 0 radical (unpaired) electrons. The summed E-state index contributed by atoms with van der Waals surface area (Å²) in [5.41, 5.74) is 13.1. The van der Waals surface area contributed by atoms with Crippen molar-refractivity contribution in [2.75, 3.05) is 50.3 Å². The zero-order chi connectivity index (χ0) is 43.2. The third-order valence-electron chi connectivity index (χ3n) is 12.1. The highest BCUT2D eigenvalue weighted by Crippen LogP contribution is 2.49. The summed E-state index contributed by atoms with van der Waals surface area (Å²) in [5.74, 6) is 1.58.